The van der Waals surface area contributed by atoms with Crippen LogP contribution in [0.4, 0.5) is 0 Å². The van der Waals surface area contributed by atoms with Crippen LogP contribution in [-0.2, 0) is 13.1 Å². The number of guanidine groups is 1. The lowest BCUT2D eigenvalue weighted by Crippen LogP contribution is -2.46. The number of nitrogens with zero attached hydrogens (tertiary/aromatic N) is 3. The van der Waals surface area contributed by atoms with Gasteiger partial charge in [-0.05, 0) is 32.3 Å². The zero-order valence-electron chi connectivity index (χ0n) is 15.4. The molecule has 0 unspecified atom stereocenters. The van der Waals surface area contributed by atoms with Gasteiger partial charge in [0.2, 0.25) is 0 Å². The Hall–Kier alpha value is -1.19. The van der Waals surface area contributed by atoms with Crippen molar-refractivity contribution in [3.05, 3.63) is 51.5 Å². The van der Waals surface area contributed by atoms with Crippen molar-refractivity contribution in [1.82, 2.24) is 15.2 Å². The maximum Gasteiger partial charge on any atom is 0.189 e. The number of rotatable bonds is 5. The zero-order chi connectivity index (χ0) is 17.6. The van der Waals surface area contributed by atoms with Gasteiger partial charge in [0, 0.05) is 30.6 Å². The molecule has 2 heterocycles. The molecule has 1 aromatic heterocycles. The molecule has 5 nitrogen and oxygen atoms in total. The molecule has 142 valence electrons. The molecule has 1 saturated heterocycles. The highest BCUT2D eigenvalue weighted by molar-refractivity contribution is 14.0. The second-order valence-corrected chi connectivity index (χ2v) is 7.91. The fourth-order valence-electron chi connectivity index (χ4n) is 3.21. The highest BCUT2D eigenvalue weighted by Crippen LogP contribution is 2.18. The summed E-state index contributed by atoms with van der Waals surface area (Å²) in [6, 6.07) is 11.1. The number of thiazole rings is 1. The summed E-state index contributed by atoms with van der Waals surface area (Å²) in [7, 11) is 0. The van der Waals surface area contributed by atoms with Gasteiger partial charge in [-0.25, -0.2) is 9.98 Å². The van der Waals surface area contributed by atoms with E-state index in [1.165, 1.54) is 10.4 Å². The van der Waals surface area contributed by atoms with Gasteiger partial charge in [0.25, 0.3) is 0 Å². The highest BCUT2D eigenvalue weighted by atomic mass is 127. The van der Waals surface area contributed by atoms with Crippen LogP contribution in [0.2, 0.25) is 0 Å². The molecule has 0 spiro atoms. The van der Waals surface area contributed by atoms with Crippen molar-refractivity contribution in [2.45, 2.75) is 45.8 Å². The summed E-state index contributed by atoms with van der Waals surface area (Å²) in [4.78, 5) is 12.6. The summed E-state index contributed by atoms with van der Waals surface area (Å²) in [5, 5.41) is 4.47. The normalized spacial score (nSPS) is 16.3. The maximum atomic E-state index is 6.08. The van der Waals surface area contributed by atoms with Crippen LogP contribution in [0.5, 0.6) is 0 Å². The van der Waals surface area contributed by atoms with Crippen molar-refractivity contribution in [2.75, 3.05) is 13.1 Å². The number of aromatic nitrogens is 1. The van der Waals surface area contributed by atoms with E-state index in [0.717, 1.165) is 43.2 Å². The molecule has 0 radical (unpaired) electrons. The minimum absolute atomic E-state index is 0. The van der Waals surface area contributed by atoms with E-state index in [9.17, 15) is 0 Å². The molecule has 0 aliphatic carbocycles. The summed E-state index contributed by atoms with van der Waals surface area (Å²) in [6.07, 6.45) is 2.20. The molecule has 0 amide bonds. The topological polar surface area (TPSA) is 66.5 Å². The summed E-state index contributed by atoms with van der Waals surface area (Å²) >= 11 is 1.70. The van der Waals surface area contributed by atoms with Crippen LogP contribution in [0.15, 0.2) is 35.3 Å². The molecule has 1 aliphatic rings. The number of likely N-dealkylation sites (tertiary alicyclic amines) is 1. The number of halogens is 1. The Kier molecular flexibility index (Phi) is 8.30. The number of benzene rings is 1. The number of aryl methyl sites for hydroxylation is 2. The molecule has 1 fully saturated rings. The quantitative estimate of drug-likeness (QED) is 0.387. The Balaban J connectivity index is 0.00000243. The van der Waals surface area contributed by atoms with Gasteiger partial charge >= 0.3 is 0 Å². The third-order valence-electron chi connectivity index (χ3n) is 4.58. The van der Waals surface area contributed by atoms with Gasteiger partial charge in [0.1, 0.15) is 0 Å². The van der Waals surface area contributed by atoms with Crippen LogP contribution in [0.3, 0.4) is 0 Å². The van der Waals surface area contributed by atoms with E-state index < -0.39 is 0 Å². The molecular formula is C19H28IN5S. The Labute approximate surface area is 177 Å². The third-order valence-corrected chi connectivity index (χ3v) is 5.64. The molecule has 3 rings (SSSR count). The zero-order valence-corrected chi connectivity index (χ0v) is 18.6. The summed E-state index contributed by atoms with van der Waals surface area (Å²) in [6.45, 7) is 7.88. The van der Waals surface area contributed by atoms with Crippen molar-refractivity contribution < 1.29 is 0 Å². The maximum absolute atomic E-state index is 6.08. The van der Waals surface area contributed by atoms with E-state index in [2.05, 4.69) is 50.5 Å². The highest BCUT2D eigenvalue weighted by Gasteiger charge is 2.19. The fourth-order valence-corrected chi connectivity index (χ4v) is 4.07. The van der Waals surface area contributed by atoms with E-state index in [0.29, 0.717) is 18.5 Å². The first-order chi connectivity index (χ1) is 12.1. The van der Waals surface area contributed by atoms with Crippen LogP contribution in [0.1, 0.15) is 34.0 Å². The van der Waals surface area contributed by atoms with Crippen molar-refractivity contribution in [3.8, 4) is 0 Å². The number of aliphatic imine (C=N–C) groups is 1. The number of hydrogen-bond acceptors (Lipinski definition) is 4. The Morgan fingerprint density at radius 1 is 1.27 bits per heavy atom. The Bertz CT molecular complexity index is 708. The van der Waals surface area contributed by atoms with Crippen LogP contribution in [-0.4, -0.2) is 35.0 Å². The van der Waals surface area contributed by atoms with Gasteiger partial charge in [0.15, 0.2) is 5.96 Å². The molecule has 7 heteroatoms. The minimum Gasteiger partial charge on any atom is -0.370 e. The first-order valence-corrected chi connectivity index (χ1v) is 9.67. The lowest BCUT2D eigenvalue weighted by Gasteiger charge is -2.32. The van der Waals surface area contributed by atoms with Gasteiger partial charge in [-0.2, -0.15) is 0 Å². The number of nitrogens with one attached hydrogen (secondary N) is 1. The third kappa shape index (κ3) is 6.21. The second kappa shape index (κ2) is 10.2. The Morgan fingerprint density at radius 2 is 1.96 bits per heavy atom. The van der Waals surface area contributed by atoms with E-state index in [1.807, 2.05) is 13.8 Å². The average molecular weight is 485 g/mol. The van der Waals surface area contributed by atoms with Gasteiger partial charge in [-0.3, -0.25) is 4.90 Å². The largest absolute Gasteiger partial charge is 0.370 e. The predicted octanol–water partition coefficient (Wildman–Crippen LogP) is 3.45. The van der Waals surface area contributed by atoms with Crippen molar-refractivity contribution >= 4 is 41.3 Å². The minimum atomic E-state index is 0. The van der Waals surface area contributed by atoms with Gasteiger partial charge < -0.3 is 11.1 Å². The van der Waals surface area contributed by atoms with Gasteiger partial charge in [-0.15, -0.1) is 35.3 Å². The number of nitrogens with two attached hydrogens (primary N) is 1. The van der Waals surface area contributed by atoms with E-state index in [1.54, 1.807) is 11.3 Å². The van der Waals surface area contributed by atoms with Gasteiger partial charge in [-0.1, -0.05) is 30.3 Å². The van der Waals surface area contributed by atoms with E-state index in [-0.39, 0.29) is 24.0 Å². The summed E-state index contributed by atoms with van der Waals surface area (Å²) in [5.74, 6) is 0.548. The Morgan fingerprint density at radius 3 is 2.58 bits per heavy atom. The van der Waals surface area contributed by atoms with Crippen LogP contribution >= 0.6 is 35.3 Å². The number of piperidine rings is 1. The summed E-state index contributed by atoms with van der Waals surface area (Å²) < 4.78 is 0. The van der Waals surface area contributed by atoms with E-state index >= 15 is 0 Å². The SMILES string of the molecule is Cc1nc(C)c(CN=C(N)NC2CCN(Cc3ccccc3)CC2)s1.I. The smallest absolute Gasteiger partial charge is 0.189 e. The van der Waals surface area contributed by atoms with Crippen LogP contribution in [0, 0.1) is 13.8 Å². The number of hydrogen-bond donors (Lipinski definition) is 2. The average Bonchev–Trinajstić information content (AvgIpc) is 2.93. The summed E-state index contributed by atoms with van der Waals surface area (Å²) in [5.41, 5.74) is 8.52. The first-order valence-electron chi connectivity index (χ1n) is 8.86. The predicted molar refractivity (Wildman–Crippen MR) is 120 cm³/mol. The molecule has 3 N–H and O–H groups in total. The molecule has 0 bridgehead atoms. The molecule has 0 saturated carbocycles. The van der Waals surface area contributed by atoms with Gasteiger partial charge in [0.05, 0.1) is 17.2 Å². The lowest BCUT2D eigenvalue weighted by atomic mass is 10.0. The second-order valence-electron chi connectivity index (χ2n) is 6.62. The van der Waals surface area contributed by atoms with E-state index in [4.69, 9.17) is 5.73 Å². The monoisotopic (exact) mass is 485 g/mol. The lowest BCUT2D eigenvalue weighted by molar-refractivity contribution is 0.199. The van der Waals surface area contributed by atoms with Crippen LogP contribution in [0.25, 0.3) is 0 Å². The van der Waals surface area contributed by atoms with Crippen molar-refractivity contribution in [3.63, 3.8) is 0 Å². The first kappa shape index (κ1) is 21.1. The standard InChI is InChI=1S/C19H27N5S.HI/c1-14-18(25-15(2)22-14)12-21-19(20)23-17-8-10-24(11-9-17)13-16-6-4-3-5-7-16;/h3-7,17H,8-13H2,1-2H3,(H3,20,21,23);1H. The fraction of sp³-hybridized carbons (Fsp3) is 0.474. The van der Waals surface area contributed by atoms with Crippen molar-refractivity contribution in [2.24, 2.45) is 10.7 Å². The van der Waals surface area contributed by atoms with Crippen LogP contribution < -0.4 is 11.1 Å². The molecule has 26 heavy (non-hydrogen) atoms. The molecular weight excluding hydrogens is 457 g/mol. The molecule has 1 aromatic carbocycles. The molecule has 0 atom stereocenters. The van der Waals surface area contributed by atoms with Crippen molar-refractivity contribution in [1.29, 1.82) is 0 Å². The molecule has 1 aliphatic heterocycles. The molecule has 2 aromatic rings.